The van der Waals surface area contributed by atoms with Crippen molar-refractivity contribution < 1.29 is 13.2 Å². The van der Waals surface area contributed by atoms with Crippen LogP contribution in [0, 0.1) is 11.6 Å². The first kappa shape index (κ1) is 18.4. The van der Waals surface area contributed by atoms with Crippen LogP contribution in [0.5, 0.6) is 0 Å². The fourth-order valence-corrected chi connectivity index (χ4v) is 3.79. The highest BCUT2D eigenvalue weighted by Gasteiger charge is 2.13. The van der Waals surface area contributed by atoms with Crippen molar-refractivity contribution in [1.82, 2.24) is 24.7 Å². The predicted molar refractivity (Wildman–Crippen MR) is 108 cm³/mol. The number of halogens is 2. The fourth-order valence-electron chi connectivity index (χ4n) is 2.95. The van der Waals surface area contributed by atoms with Crippen LogP contribution in [-0.4, -0.2) is 24.7 Å². The first-order chi connectivity index (χ1) is 14.7. The number of nitrogens with zero attached hydrogens (tertiary/aromatic N) is 5. The Balaban J connectivity index is 1.37. The zero-order valence-corrected chi connectivity index (χ0v) is 16.2. The van der Waals surface area contributed by atoms with Crippen molar-refractivity contribution >= 4 is 22.8 Å². The minimum absolute atomic E-state index is 0.310. The van der Waals surface area contributed by atoms with Crippen molar-refractivity contribution in [3.8, 4) is 17.1 Å². The Morgan fingerprint density at radius 1 is 0.933 bits per heavy atom. The van der Waals surface area contributed by atoms with Gasteiger partial charge in [0.2, 0.25) is 5.89 Å². The number of rotatable bonds is 5. The normalized spacial score (nSPS) is 11.3. The van der Waals surface area contributed by atoms with E-state index in [9.17, 15) is 8.78 Å². The Bertz CT molecular complexity index is 1320. The molecule has 2 aromatic carbocycles. The van der Waals surface area contributed by atoms with Gasteiger partial charge < -0.3 is 4.42 Å². The van der Waals surface area contributed by atoms with Crippen LogP contribution < -0.4 is 0 Å². The van der Waals surface area contributed by atoms with Gasteiger partial charge in [-0.3, -0.25) is 0 Å². The molecule has 0 aliphatic rings. The summed E-state index contributed by atoms with van der Waals surface area (Å²) in [4.78, 5) is 13.1. The summed E-state index contributed by atoms with van der Waals surface area (Å²) in [5.74, 6) is 0.338. The van der Waals surface area contributed by atoms with E-state index in [-0.39, 0.29) is 11.6 Å². The summed E-state index contributed by atoms with van der Waals surface area (Å²) < 4.78 is 33.4. The standard InChI is InChI=1S/C21H13F2N5OS/c22-14-3-1-13(2-4-14)20-27-16(10-29-20)11-30-21-18-9-26-28(19(18)24-12-25-21)17-7-5-15(23)6-8-17/h1-10,12H,11H2. The molecule has 0 saturated heterocycles. The summed E-state index contributed by atoms with van der Waals surface area (Å²) >= 11 is 1.48. The van der Waals surface area contributed by atoms with E-state index in [0.717, 1.165) is 16.1 Å². The first-order valence-electron chi connectivity index (χ1n) is 8.95. The monoisotopic (exact) mass is 421 g/mol. The second kappa shape index (κ2) is 7.68. The zero-order valence-electron chi connectivity index (χ0n) is 15.4. The molecule has 148 valence electrons. The lowest BCUT2D eigenvalue weighted by Crippen LogP contribution is -1.98. The first-order valence-corrected chi connectivity index (χ1v) is 9.94. The zero-order chi connectivity index (χ0) is 20.5. The molecule has 0 N–H and O–H groups in total. The molecule has 5 aromatic rings. The maximum atomic E-state index is 13.2. The molecule has 5 rings (SSSR count). The van der Waals surface area contributed by atoms with E-state index in [4.69, 9.17) is 4.42 Å². The lowest BCUT2D eigenvalue weighted by atomic mass is 10.2. The van der Waals surface area contributed by atoms with Gasteiger partial charge in [-0.15, -0.1) is 0 Å². The van der Waals surface area contributed by atoms with Gasteiger partial charge in [-0.2, -0.15) is 5.10 Å². The number of benzene rings is 2. The average Bonchev–Trinajstić information content (AvgIpc) is 3.41. The van der Waals surface area contributed by atoms with Crippen molar-refractivity contribution in [2.24, 2.45) is 0 Å². The Hall–Kier alpha value is -3.59. The van der Waals surface area contributed by atoms with Crippen molar-refractivity contribution in [2.75, 3.05) is 0 Å². The minimum Gasteiger partial charge on any atom is -0.444 e. The van der Waals surface area contributed by atoms with Gasteiger partial charge in [0.1, 0.15) is 29.3 Å². The molecule has 3 aromatic heterocycles. The molecule has 0 radical (unpaired) electrons. The molecule has 6 nitrogen and oxygen atoms in total. The highest BCUT2D eigenvalue weighted by molar-refractivity contribution is 7.98. The topological polar surface area (TPSA) is 69.6 Å². The molecule has 0 bridgehead atoms. The van der Waals surface area contributed by atoms with E-state index in [1.807, 2.05) is 0 Å². The summed E-state index contributed by atoms with van der Waals surface area (Å²) in [6, 6.07) is 12.0. The lowest BCUT2D eigenvalue weighted by Gasteiger charge is -2.03. The molecule has 0 spiro atoms. The molecule has 0 aliphatic heterocycles. The number of hydrogen-bond acceptors (Lipinski definition) is 6. The van der Waals surface area contributed by atoms with Gasteiger partial charge in [0.25, 0.3) is 0 Å². The summed E-state index contributed by atoms with van der Waals surface area (Å²) in [5.41, 5.74) is 2.78. The van der Waals surface area contributed by atoms with E-state index in [0.29, 0.717) is 28.5 Å². The van der Waals surface area contributed by atoms with Crippen LogP contribution in [-0.2, 0) is 5.75 Å². The second-order valence-electron chi connectivity index (χ2n) is 6.39. The largest absolute Gasteiger partial charge is 0.444 e. The van der Waals surface area contributed by atoms with Gasteiger partial charge >= 0.3 is 0 Å². The summed E-state index contributed by atoms with van der Waals surface area (Å²) in [7, 11) is 0. The van der Waals surface area contributed by atoms with Gasteiger partial charge in [0.15, 0.2) is 5.65 Å². The third-order valence-corrected chi connectivity index (χ3v) is 5.44. The van der Waals surface area contributed by atoms with Crippen molar-refractivity contribution in [3.63, 3.8) is 0 Å². The molecule has 0 fully saturated rings. The van der Waals surface area contributed by atoms with Crippen LogP contribution in [0.1, 0.15) is 5.69 Å². The van der Waals surface area contributed by atoms with Gasteiger partial charge in [0, 0.05) is 11.3 Å². The van der Waals surface area contributed by atoms with Crippen molar-refractivity contribution in [1.29, 1.82) is 0 Å². The Morgan fingerprint density at radius 2 is 1.67 bits per heavy atom. The molecule has 0 saturated carbocycles. The Kier molecular flexibility index (Phi) is 4.72. The second-order valence-corrected chi connectivity index (χ2v) is 7.35. The van der Waals surface area contributed by atoms with E-state index in [1.165, 1.54) is 42.4 Å². The van der Waals surface area contributed by atoms with Crippen LogP contribution in [0.3, 0.4) is 0 Å². The van der Waals surface area contributed by atoms with Gasteiger partial charge in [-0.1, -0.05) is 11.8 Å². The van der Waals surface area contributed by atoms with Gasteiger partial charge in [-0.05, 0) is 48.5 Å². The summed E-state index contributed by atoms with van der Waals surface area (Å²) in [5, 5.41) is 5.91. The van der Waals surface area contributed by atoms with E-state index in [2.05, 4.69) is 20.1 Å². The molecular formula is C21H13F2N5OS. The smallest absolute Gasteiger partial charge is 0.226 e. The number of oxazole rings is 1. The van der Waals surface area contributed by atoms with Gasteiger partial charge in [0.05, 0.1) is 23.0 Å². The van der Waals surface area contributed by atoms with Crippen molar-refractivity contribution in [3.05, 3.63) is 84.6 Å². The summed E-state index contributed by atoms with van der Waals surface area (Å²) in [6.07, 6.45) is 4.74. The molecule has 0 aliphatic carbocycles. The van der Waals surface area contributed by atoms with Crippen LogP contribution >= 0.6 is 11.8 Å². The third kappa shape index (κ3) is 3.55. The predicted octanol–water partition coefficient (Wildman–Crippen LogP) is 5.04. The maximum absolute atomic E-state index is 13.2. The highest BCUT2D eigenvalue weighted by atomic mass is 32.2. The number of aromatic nitrogens is 5. The quantitative estimate of drug-likeness (QED) is 0.292. The SMILES string of the molecule is Fc1ccc(-c2nc(CSc3ncnc4c3cnn4-c3ccc(F)cc3)co2)cc1. The Morgan fingerprint density at radius 3 is 2.43 bits per heavy atom. The van der Waals surface area contributed by atoms with Crippen LogP contribution in [0.15, 0.2) is 76.8 Å². The lowest BCUT2D eigenvalue weighted by molar-refractivity contribution is 0.573. The minimum atomic E-state index is -0.311. The molecule has 0 unspecified atom stereocenters. The number of thioether (sulfide) groups is 1. The average molecular weight is 421 g/mol. The van der Waals surface area contributed by atoms with E-state index >= 15 is 0 Å². The number of hydrogen-bond donors (Lipinski definition) is 0. The molecule has 0 amide bonds. The van der Waals surface area contributed by atoms with Gasteiger partial charge in [-0.25, -0.2) is 28.4 Å². The molecule has 3 heterocycles. The molecule has 0 atom stereocenters. The third-order valence-electron chi connectivity index (χ3n) is 4.40. The van der Waals surface area contributed by atoms with Crippen LogP contribution in [0.4, 0.5) is 8.78 Å². The summed E-state index contributed by atoms with van der Waals surface area (Å²) in [6.45, 7) is 0. The highest BCUT2D eigenvalue weighted by Crippen LogP contribution is 2.29. The van der Waals surface area contributed by atoms with Crippen LogP contribution in [0.2, 0.25) is 0 Å². The maximum Gasteiger partial charge on any atom is 0.226 e. The molecule has 30 heavy (non-hydrogen) atoms. The Labute approximate surface area is 173 Å². The fraction of sp³-hybridized carbons (Fsp3) is 0.0476. The number of fused-ring (bicyclic) bond motifs is 1. The van der Waals surface area contributed by atoms with Crippen LogP contribution in [0.25, 0.3) is 28.2 Å². The van der Waals surface area contributed by atoms with E-state index in [1.54, 1.807) is 41.4 Å². The van der Waals surface area contributed by atoms with Crippen molar-refractivity contribution in [2.45, 2.75) is 10.8 Å². The van der Waals surface area contributed by atoms with E-state index < -0.39 is 0 Å². The molecule has 9 heteroatoms. The molecular weight excluding hydrogens is 408 g/mol.